The minimum Gasteiger partial charge on any atom is -0.464 e. The molecule has 1 N–H and O–H groups in total. The van der Waals surface area contributed by atoms with Crippen molar-refractivity contribution in [2.45, 2.75) is 19.0 Å². The largest absolute Gasteiger partial charge is 0.464 e. The van der Waals surface area contributed by atoms with Crippen LogP contribution in [0.15, 0.2) is 34.9 Å². The van der Waals surface area contributed by atoms with Gasteiger partial charge in [0.1, 0.15) is 5.58 Å². The van der Waals surface area contributed by atoms with Crippen molar-refractivity contribution in [1.29, 1.82) is 0 Å². The van der Waals surface area contributed by atoms with Gasteiger partial charge in [-0.3, -0.25) is 4.90 Å². The normalized spacial score (nSPS) is 21.4. The molecule has 1 saturated heterocycles. The molecule has 2 aromatic rings. The Morgan fingerprint density at radius 2 is 2.29 bits per heavy atom. The smallest absolute Gasteiger partial charge is 0.134 e. The third-order valence-electron chi connectivity index (χ3n) is 3.64. The van der Waals surface area contributed by atoms with E-state index < -0.39 is 0 Å². The van der Waals surface area contributed by atoms with Gasteiger partial charge in [0.2, 0.25) is 0 Å². The molecule has 0 radical (unpaired) electrons. The molecule has 1 aromatic carbocycles. The standard InChI is InChI=1S/C14H18N2O/c1-15-12-6-7-16(9-12)8-11-10-17-14-5-3-2-4-13(11)14/h2-5,10,12,15H,6-9H2,1H3. The van der Waals surface area contributed by atoms with Crippen LogP contribution in [-0.2, 0) is 6.54 Å². The minimum absolute atomic E-state index is 0.646. The Morgan fingerprint density at radius 3 is 3.12 bits per heavy atom. The molecule has 3 nitrogen and oxygen atoms in total. The average Bonchev–Trinajstić information content (AvgIpc) is 2.97. The molecule has 1 aromatic heterocycles. The maximum Gasteiger partial charge on any atom is 0.134 e. The zero-order valence-corrected chi connectivity index (χ0v) is 10.1. The number of hydrogen-bond acceptors (Lipinski definition) is 3. The van der Waals surface area contributed by atoms with Crippen molar-refractivity contribution in [3.8, 4) is 0 Å². The van der Waals surface area contributed by atoms with Crippen molar-refractivity contribution >= 4 is 11.0 Å². The van der Waals surface area contributed by atoms with Crippen molar-refractivity contribution in [3.05, 3.63) is 36.1 Å². The van der Waals surface area contributed by atoms with Crippen LogP contribution in [0.25, 0.3) is 11.0 Å². The van der Waals surface area contributed by atoms with Gasteiger partial charge in [0.25, 0.3) is 0 Å². The minimum atomic E-state index is 0.646. The Balaban J connectivity index is 1.77. The van der Waals surface area contributed by atoms with Gasteiger partial charge in [-0.15, -0.1) is 0 Å². The van der Waals surface area contributed by atoms with E-state index >= 15 is 0 Å². The molecule has 1 atom stereocenters. The highest BCUT2D eigenvalue weighted by Gasteiger charge is 2.21. The summed E-state index contributed by atoms with van der Waals surface area (Å²) in [6.07, 6.45) is 3.14. The Morgan fingerprint density at radius 1 is 1.41 bits per heavy atom. The van der Waals surface area contributed by atoms with Crippen molar-refractivity contribution in [3.63, 3.8) is 0 Å². The van der Waals surface area contributed by atoms with Gasteiger partial charge < -0.3 is 9.73 Å². The molecular weight excluding hydrogens is 212 g/mol. The fourth-order valence-corrected chi connectivity index (χ4v) is 2.61. The quantitative estimate of drug-likeness (QED) is 0.876. The third kappa shape index (κ3) is 2.08. The van der Waals surface area contributed by atoms with Crippen LogP contribution in [-0.4, -0.2) is 31.1 Å². The Kier molecular flexibility index (Phi) is 2.87. The summed E-state index contributed by atoms with van der Waals surface area (Å²) in [5, 5.41) is 4.60. The first kappa shape index (κ1) is 10.8. The van der Waals surface area contributed by atoms with Crippen LogP contribution >= 0.6 is 0 Å². The topological polar surface area (TPSA) is 28.4 Å². The maximum absolute atomic E-state index is 5.57. The highest BCUT2D eigenvalue weighted by Crippen LogP contribution is 2.23. The van der Waals surface area contributed by atoms with Crippen LogP contribution in [0.1, 0.15) is 12.0 Å². The van der Waals surface area contributed by atoms with Gasteiger partial charge in [0.05, 0.1) is 6.26 Å². The van der Waals surface area contributed by atoms with E-state index in [1.807, 2.05) is 25.4 Å². The first-order valence-electron chi connectivity index (χ1n) is 6.21. The summed E-state index contributed by atoms with van der Waals surface area (Å²) >= 11 is 0. The summed E-state index contributed by atoms with van der Waals surface area (Å²) in [6.45, 7) is 3.30. The number of likely N-dealkylation sites (N-methyl/N-ethyl adjacent to an activating group) is 1. The molecule has 0 bridgehead atoms. The van der Waals surface area contributed by atoms with Crippen LogP contribution in [0.5, 0.6) is 0 Å². The van der Waals surface area contributed by atoms with Crippen LogP contribution < -0.4 is 5.32 Å². The number of furan rings is 1. The van der Waals surface area contributed by atoms with Gasteiger partial charge in [0.15, 0.2) is 0 Å². The van der Waals surface area contributed by atoms with Crippen LogP contribution in [0.2, 0.25) is 0 Å². The van der Waals surface area contributed by atoms with Crippen molar-refractivity contribution in [2.75, 3.05) is 20.1 Å². The number of benzene rings is 1. The molecule has 0 aliphatic carbocycles. The maximum atomic E-state index is 5.57. The summed E-state index contributed by atoms with van der Waals surface area (Å²) in [5.41, 5.74) is 2.30. The molecule has 3 heteroatoms. The second kappa shape index (κ2) is 4.51. The van der Waals surface area contributed by atoms with E-state index in [-0.39, 0.29) is 0 Å². The van der Waals surface area contributed by atoms with Gasteiger partial charge in [0, 0.05) is 36.6 Å². The Bertz CT molecular complexity index is 506. The first-order valence-corrected chi connectivity index (χ1v) is 6.21. The second-order valence-corrected chi connectivity index (χ2v) is 4.77. The first-order chi connectivity index (χ1) is 8.36. The van der Waals surface area contributed by atoms with E-state index in [2.05, 4.69) is 22.3 Å². The van der Waals surface area contributed by atoms with E-state index in [4.69, 9.17) is 4.42 Å². The lowest BCUT2D eigenvalue weighted by Crippen LogP contribution is -2.29. The number of nitrogens with zero attached hydrogens (tertiary/aromatic N) is 1. The zero-order chi connectivity index (χ0) is 11.7. The van der Waals surface area contributed by atoms with Crippen LogP contribution in [0.3, 0.4) is 0 Å². The zero-order valence-electron chi connectivity index (χ0n) is 10.1. The van der Waals surface area contributed by atoms with E-state index in [9.17, 15) is 0 Å². The second-order valence-electron chi connectivity index (χ2n) is 4.77. The highest BCUT2D eigenvalue weighted by atomic mass is 16.3. The summed E-state index contributed by atoms with van der Waals surface area (Å²) in [7, 11) is 2.04. The van der Waals surface area contributed by atoms with Gasteiger partial charge in [-0.05, 0) is 19.5 Å². The third-order valence-corrected chi connectivity index (χ3v) is 3.64. The molecular formula is C14H18N2O. The summed E-state index contributed by atoms with van der Waals surface area (Å²) < 4.78 is 5.57. The Hall–Kier alpha value is -1.32. The molecule has 0 saturated carbocycles. The molecule has 1 unspecified atom stereocenters. The van der Waals surface area contributed by atoms with Gasteiger partial charge in [-0.2, -0.15) is 0 Å². The van der Waals surface area contributed by atoms with Crippen molar-refractivity contribution in [1.82, 2.24) is 10.2 Å². The predicted octanol–water partition coefficient (Wildman–Crippen LogP) is 2.23. The molecule has 0 amide bonds. The molecule has 3 rings (SSSR count). The lowest BCUT2D eigenvalue weighted by molar-refractivity contribution is 0.322. The van der Waals surface area contributed by atoms with E-state index in [1.165, 1.54) is 23.9 Å². The Labute approximate surface area is 101 Å². The molecule has 1 fully saturated rings. The molecule has 17 heavy (non-hydrogen) atoms. The lowest BCUT2D eigenvalue weighted by Gasteiger charge is -2.14. The fourth-order valence-electron chi connectivity index (χ4n) is 2.61. The van der Waals surface area contributed by atoms with Crippen LogP contribution in [0, 0.1) is 0 Å². The lowest BCUT2D eigenvalue weighted by atomic mass is 10.2. The van der Waals surface area contributed by atoms with Gasteiger partial charge in [-0.25, -0.2) is 0 Å². The average molecular weight is 230 g/mol. The number of para-hydroxylation sites is 1. The van der Waals surface area contributed by atoms with E-state index in [1.54, 1.807) is 0 Å². The van der Waals surface area contributed by atoms with E-state index in [0.29, 0.717) is 6.04 Å². The monoisotopic (exact) mass is 230 g/mol. The van der Waals surface area contributed by atoms with Gasteiger partial charge >= 0.3 is 0 Å². The number of rotatable bonds is 3. The predicted molar refractivity (Wildman–Crippen MR) is 69.0 cm³/mol. The van der Waals surface area contributed by atoms with Crippen LogP contribution in [0.4, 0.5) is 0 Å². The highest BCUT2D eigenvalue weighted by molar-refractivity contribution is 5.80. The number of fused-ring (bicyclic) bond motifs is 1. The molecule has 2 heterocycles. The number of hydrogen-bond donors (Lipinski definition) is 1. The van der Waals surface area contributed by atoms with E-state index in [0.717, 1.165) is 18.7 Å². The summed E-state index contributed by atoms with van der Waals surface area (Å²) in [5.74, 6) is 0. The molecule has 0 spiro atoms. The van der Waals surface area contributed by atoms with Crippen molar-refractivity contribution < 1.29 is 4.42 Å². The fraction of sp³-hybridized carbons (Fsp3) is 0.429. The number of likely N-dealkylation sites (tertiary alicyclic amines) is 1. The van der Waals surface area contributed by atoms with Crippen molar-refractivity contribution in [2.24, 2.45) is 0 Å². The summed E-state index contributed by atoms with van der Waals surface area (Å²) in [4.78, 5) is 2.48. The summed E-state index contributed by atoms with van der Waals surface area (Å²) in [6, 6.07) is 8.90. The SMILES string of the molecule is CNC1CCN(Cc2coc3ccccc23)C1. The molecule has 1 aliphatic heterocycles. The molecule has 90 valence electrons. The molecule has 1 aliphatic rings. The van der Waals surface area contributed by atoms with Gasteiger partial charge in [-0.1, -0.05) is 18.2 Å². The number of nitrogens with one attached hydrogen (secondary N) is 1.